The standard InChI is InChI=1S/C14H27NO4/c1-9(2)13(16)18-8-12(7-15-11(5)6)19-14(17)10(3)4/h9-12,15H,7-8H2,1-6H3. The third-order valence-corrected chi connectivity index (χ3v) is 2.39. The Balaban J connectivity index is 4.32. The van der Waals surface area contributed by atoms with Gasteiger partial charge in [-0.2, -0.15) is 0 Å². The molecule has 1 atom stereocenters. The predicted octanol–water partition coefficient (Wildman–Crippen LogP) is 1.75. The van der Waals surface area contributed by atoms with Crippen LogP contribution >= 0.6 is 0 Å². The van der Waals surface area contributed by atoms with Gasteiger partial charge in [-0.3, -0.25) is 9.59 Å². The summed E-state index contributed by atoms with van der Waals surface area (Å²) in [4.78, 5) is 23.0. The van der Waals surface area contributed by atoms with Gasteiger partial charge in [0.05, 0.1) is 11.8 Å². The molecular weight excluding hydrogens is 246 g/mol. The topological polar surface area (TPSA) is 64.6 Å². The SMILES string of the molecule is CC(C)NCC(COC(=O)C(C)C)OC(=O)C(C)C. The highest BCUT2D eigenvalue weighted by Gasteiger charge is 2.20. The van der Waals surface area contributed by atoms with Crippen LogP contribution in [0.3, 0.4) is 0 Å². The minimum absolute atomic E-state index is 0.0925. The lowest BCUT2D eigenvalue weighted by Crippen LogP contribution is -2.39. The second-order valence-electron chi connectivity index (χ2n) is 5.56. The van der Waals surface area contributed by atoms with Crippen molar-refractivity contribution < 1.29 is 19.1 Å². The molecule has 1 N–H and O–H groups in total. The van der Waals surface area contributed by atoms with Gasteiger partial charge < -0.3 is 14.8 Å². The summed E-state index contributed by atoms with van der Waals surface area (Å²) < 4.78 is 10.4. The van der Waals surface area contributed by atoms with Crippen molar-refractivity contribution in [1.29, 1.82) is 0 Å². The maximum Gasteiger partial charge on any atom is 0.308 e. The average molecular weight is 273 g/mol. The third kappa shape index (κ3) is 8.59. The van der Waals surface area contributed by atoms with Crippen molar-refractivity contribution in [2.45, 2.75) is 53.7 Å². The smallest absolute Gasteiger partial charge is 0.308 e. The largest absolute Gasteiger partial charge is 0.461 e. The molecule has 0 rings (SSSR count). The first-order chi connectivity index (χ1) is 8.73. The normalized spacial score (nSPS) is 12.9. The zero-order valence-corrected chi connectivity index (χ0v) is 12.9. The van der Waals surface area contributed by atoms with Crippen LogP contribution in [-0.2, 0) is 19.1 Å². The van der Waals surface area contributed by atoms with Gasteiger partial charge in [-0.1, -0.05) is 41.5 Å². The number of hydrogen-bond donors (Lipinski definition) is 1. The molecule has 0 spiro atoms. The van der Waals surface area contributed by atoms with E-state index in [1.807, 2.05) is 13.8 Å². The fraction of sp³-hybridized carbons (Fsp3) is 0.857. The summed E-state index contributed by atoms with van der Waals surface area (Å²) in [5.41, 5.74) is 0. The molecule has 0 heterocycles. The van der Waals surface area contributed by atoms with Crippen LogP contribution in [0, 0.1) is 11.8 Å². The van der Waals surface area contributed by atoms with Crippen LogP contribution in [0.1, 0.15) is 41.5 Å². The first-order valence-corrected chi connectivity index (χ1v) is 6.84. The Labute approximate surface area is 116 Å². The molecule has 0 aliphatic heterocycles. The summed E-state index contributed by atoms with van der Waals surface area (Å²) in [5.74, 6) is -0.937. The van der Waals surface area contributed by atoms with Gasteiger partial charge in [-0.15, -0.1) is 0 Å². The van der Waals surface area contributed by atoms with E-state index in [1.54, 1.807) is 27.7 Å². The van der Waals surface area contributed by atoms with Crippen molar-refractivity contribution in [3.63, 3.8) is 0 Å². The quantitative estimate of drug-likeness (QED) is 0.683. The first-order valence-electron chi connectivity index (χ1n) is 6.84. The molecule has 0 radical (unpaired) electrons. The minimum Gasteiger partial charge on any atom is -0.461 e. The first kappa shape index (κ1) is 17.9. The molecule has 19 heavy (non-hydrogen) atoms. The predicted molar refractivity (Wildman–Crippen MR) is 73.7 cm³/mol. The number of rotatable bonds is 8. The van der Waals surface area contributed by atoms with E-state index in [2.05, 4.69) is 5.32 Å². The molecule has 112 valence electrons. The minimum atomic E-state index is -0.444. The van der Waals surface area contributed by atoms with E-state index in [9.17, 15) is 9.59 Å². The van der Waals surface area contributed by atoms with Gasteiger partial charge in [0.25, 0.3) is 0 Å². The van der Waals surface area contributed by atoms with Crippen molar-refractivity contribution in [2.24, 2.45) is 11.8 Å². The second-order valence-corrected chi connectivity index (χ2v) is 5.56. The van der Waals surface area contributed by atoms with Gasteiger partial charge in [0.15, 0.2) is 0 Å². The van der Waals surface area contributed by atoms with Crippen LogP contribution in [0.25, 0.3) is 0 Å². The monoisotopic (exact) mass is 273 g/mol. The Hall–Kier alpha value is -1.10. The highest BCUT2D eigenvalue weighted by Crippen LogP contribution is 2.04. The van der Waals surface area contributed by atoms with Gasteiger partial charge in [-0.25, -0.2) is 0 Å². The Morgan fingerprint density at radius 1 is 0.947 bits per heavy atom. The van der Waals surface area contributed by atoms with E-state index >= 15 is 0 Å². The maximum absolute atomic E-state index is 11.6. The lowest BCUT2D eigenvalue weighted by Gasteiger charge is -2.21. The van der Waals surface area contributed by atoms with Gasteiger partial charge in [0.2, 0.25) is 0 Å². The van der Waals surface area contributed by atoms with Crippen molar-refractivity contribution in [1.82, 2.24) is 5.32 Å². The highest BCUT2D eigenvalue weighted by atomic mass is 16.6. The molecule has 0 aliphatic carbocycles. The molecule has 0 fully saturated rings. The molecule has 1 unspecified atom stereocenters. The van der Waals surface area contributed by atoms with Gasteiger partial charge in [0, 0.05) is 12.6 Å². The van der Waals surface area contributed by atoms with Gasteiger partial charge in [0.1, 0.15) is 12.7 Å². The number of ether oxygens (including phenoxy) is 2. The fourth-order valence-corrected chi connectivity index (χ4v) is 1.14. The number of carbonyl (C=O) groups is 2. The summed E-state index contributed by atoms with van der Waals surface area (Å²) in [6, 6.07) is 0.279. The number of hydrogen-bond acceptors (Lipinski definition) is 5. The van der Waals surface area contributed by atoms with E-state index in [0.29, 0.717) is 6.54 Å². The molecule has 0 bridgehead atoms. The Morgan fingerprint density at radius 2 is 1.47 bits per heavy atom. The molecule has 0 amide bonds. The Morgan fingerprint density at radius 3 is 1.89 bits per heavy atom. The van der Waals surface area contributed by atoms with Crippen LogP contribution < -0.4 is 5.32 Å². The summed E-state index contributed by atoms with van der Waals surface area (Å²) in [6.07, 6.45) is -0.444. The average Bonchev–Trinajstić information content (AvgIpc) is 2.31. The van der Waals surface area contributed by atoms with E-state index in [4.69, 9.17) is 9.47 Å². The van der Waals surface area contributed by atoms with Crippen LogP contribution in [0.15, 0.2) is 0 Å². The van der Waals surface area contributed by atoms with E-state index in [1.165, 1.54) is 0 Å². The Bertz CT molecular complexity index is 287. The number of esters is 2. The van der Waals surface area contributed by atoms with Crippen molar-refractivity contribution in [3.05, 3.63) is 0 Å². The molecule has 0 aliphatic rings. The number of carbonyl (C=O) groups excluding carboxylic acids is 2. The molecule has 0 saturated heterocycles. The maximum atomic E-state index is 11.6. The van der Waals surface area contributed by atoms with Gasteiger partial charge >= 0.3 is 11.9 Å². The van der Waals surface area contributed by atoms with Crippen LogP contribution in [0.5, 0.6) is 0 Å². The lowest BCUT2D eigenvalue weighted by atomic mass is 10.2. The zero-order valence-electron chi connectivity index (χ0n) is 12.9. The lowest BCUT2D eigenvalue weighted by molar-refractivity contribution is -0.162. The van der Waals surface area contributed by atoms with E-state index < -0.39 is 6.10 Å². The molecule has 5 heteroatoms. The van der Waals surface area contributed by atoms with Crippen molar-refractivity contribution >= 4 is 11.9 Å². The van der Waals surface area contributed by atoms with Crippen LogP contribution in [-0.4, -0.2) is 37.2 Å². The summed E-state index contributed by atoms with van der Waals surface area (Å²) >= 11 is 0. The molecule has 0 saturated carbocycles. The summed E-state index contributed by atoms with van der Waals surface area (Å²) in [5, 5.41) is 3.17. The molecule has 0 aromatic carbocycles. The molecule has 5 nitrogen and oxygen atoms in total. The summed E-state index contributed by atoms with van der Waals surface area (Å²) in [7, 11) is 0. The fourth-order valence-electron chi connectivity index (χ4n) is 1.14. The zero-order chi connectivity index (χ0) is 15.0. The number of nitrogens with one attached hydrogen (secondary N) is 1. The highest BCUT2D eigenvalue weighted by molar-refractivity contribution is 5.72. The molecule has 0 aromatic rings. The molecular formula is C14H27NO4. The summed E-state index contributed by atoms with van der Waals surface area (Å²) in [6.45, 7) is 11.7. The van der Waals surface area contributed by atoms with Gasteiger partial charge in [-0.05, 0) is 0 Å². The Kier molecular flexibility index (Phi) is 8.39. The van der Waals surface area contributed by atoms with E-state index in [0.717, 1.165) is 0 Å². The van der Waals surface area contributed by atoms with Crippen molar-refractivity contribution in [3.8, 4) is 0 Å². The van der Waals surface area contributed by atoms with Crippen molar-refractivity contribution in [2.75, 3.05) is 13.2 Å². The van der Waals surface area contributed by atoms with Crippen LogP contribution in [0.2, 0.25) is 0 Å². The van der Waals surface area contributed by atoms with Crippen LogP contribution in [0.4, 0.5) is 0 Å². The van der Waals surface area contributed by atoms with E-state index in [-0.39, 0.29) is 36.4 Å². The molecule has 0 aromatic heterocycles. The second kappa shape index (κ2) is 8.91. The third-order valence-electron chi connectivity index (χ3n) is 2.39.